The molecule has 1 aromatic rings. The van der Waals surface area contributed by atoms with E-state index >= 15 is 0 Å². The summed E-state index contributed by atoms with van der Waals surface area (Å²) in [4.78, 5) is 2.57. The van der Waals surface area contributed by atoms with E-state index in [4.69, 9.17) is 0 Å². The average Bonchev–Trinajstić information content (AvgIpc) is 2.75. The zero-order chi connectivity index (χ0) is 12.1. The molecular weight excluding hydrogens is 208 g/mol. The van der Waals surface area contributed by atoms with Crippen LogP contribution in [0.5, 0.6) is 0 Å². The van der Waals surface area contributed by atoms with E-state index in [-0.39, 0.29) is 0 Å². The smallest absolute Gasteiger partial charge is 0.0233 e. The second-order valence-electron chi connectivity index (χ2n) is 5.44. The Balaban J connectivity index is 1.74. The zero-order valence-electron chi connectivity index (χ0n) is 11.0. The molecule has 2 rings (SSSR count). The van der Waals surface area contributed by atoms with Crippen LogP contribution in [0.25, 0.3) is 0 Å². The second kappa shape index (κ2) is 6.18. The highest BCUT2D eigenvalue weighted by molar-refractivity contribution is 5.14. The van der Waals surface area contributed by atoms with Crippen molar-refractivity contribution in [2.75, 3.05) is 19.6 Å². The van der Waals surface area contributed by atoms with Crippen molar-refractivity contribution < 1.29 is 0 Å². The molecule has 1 aromatic carbocycles. The molecule has 1 aliphatic rings. The molecule has 1 saturated heterocycles. The maximum atomic E-state index is 3.55. The summed E-state index contributed by atoms with van der Waals surface area (Å²) in [7, 11) is 0. The third kappa shape index (κ3) is 4.14. The molecule has 0 spiro atoms. The van der Waals surface area contributed by atoms with Crippen molar-refractivity contribution >= 4 is 0 Å². The number of hydrogen-bond acceptors (Lipinski definition) is 2. The monoisotopic (exact) mass is 232 g/mol. The van der Waals surface area contributed by atoms with E-state index < -0.39 is 0 Å². The first-order valence-electron chi connectivity index (χ1n) is 6.73. The number of nitrogens with one attached hydrogen (secondary N) is 1. The van der Waals surface area contributed by atoms with E-state index in [2.05, 4.69) is 54.4 Å². The topological polar surface area (TPSA) is 15.3 Å². The minimum atomic E-state index is 0.609. The zero-order valence-corrected chi connectivity index (χ0v) is 11.0. The summed E-state index contributed by atoms with van der Waals surface area (Å²) in [5.74, 6) is 0.834. The molecule has 0 radical (unpaired) electrons. The highest BCUT2D eigenvalue weighted by Gasteiger charge is 2.21. The molecule has 0 bridgehead atoms. The molecule has 2 heteroatoms. The third-order valence-electron chi connectivity index (χ3n) is 3.43. The van der Waals surface area contributed by atoms with Gasteiger partial charge < -0.3 is 5.32 Å². The molecule has 94 valence electrons. The molecule has 17 heavy (non-hydrogen) atoms. The molecule has 0 amide bonds. The van der Waals surface area contributed by atoms with Gasteiger partial charge in [-0.3, -0.25) is 4.90 Å². The Morgan fingerprint density at radius 1 is 1.29 bits per heavy atom. The Morgan fingerprint density at radius 3 is 2.76 bits per heavy atom. The van der Waals surface area contributed by atoms with Crippen molar-refractivity contribution in [2.45, 2.75) is 32.9 Å². The number of benzene rings is 1. The van der Waals surface area contributed by atoms with Crippen molar-refractivity contribution in [3.05, 3.63) is 35.9 Å². The van der Waals surface area contributed by atoms with Crippen LogP contribution in [0.2, 0.25) is 0 Å². The molecule has 1 heterocycles. The van der Waals surface area contributed by atoms with Gasteiger partial charge in [-0.1, -0.05) is 44.2 Å². The number of likely N-dealkylation sites (tertiary alicyclic amines) is 1. The minimum Gasteiger partial charge on any atom is -0.314 e. The molecule has 0 aromatic heterocycles. The van der Waals surface area contributed by atoms with Crippen molar-refractivity contribution in [1.29, 1.82) is 0 Å². The fourth-order valence-corrected chi connectivity index (χ4v) is 2.47. The quantitative estimate of drug-likeness (QED) is 0.839. The van der Waals surface area contributed by atoms with Crippen LogP contribution in [-0.2, 0) is 6.54 Å². The molecule has 1 N–H and O–H groups in total. The molecule has 0 aliphatic carbocycles. The predicted octanol–water partition coefficient (Wildman–Crippen LogP) is 2.51. The largest absolute Gasteiger partial charge is 0.314 e. The molecular formula is C15H24N2. The van der Waals surface area contributed by atoms with Crippen molar-refractivity contribution in [1.82, 2.24) is 10.2 Å². The fourth-order valence-electron chi connectivity index (χ4n) is 2.47. The van der Waals surface area contributed by atoms with Gasteiger partial charge in [0.15, 0.2) is 0 Å². The lowest BCUT2D eigenvalue weighted by molar-refractivity contribution is 0.313. The summed E-state index contributed by atoms with van der Waals surface area (Å²) in [5.41, 5.74) is 1.44. The van der Waals surface area contributed by atoms with Gasteiger partial charge in [-0.25, -0.2) is 0 Å². The summed E-state index contributed by atoms with van der Waals surface area (Å²) in [6.07, 6.45) is 1.34. The standard InChI is InChI=1S/C15H24N2/c1-13(2)16-10-15-8-9-17(12-15)11-14-6-4-3-5-7-14/h3-7,13,15-16H,8-12H2,1-2H3/t15-/m0/s1. The third-order valence-corrected chi connectivity index (χ3v) is 3.43. The van der Waals surface area contributed by atoms with Crippen LogP contribution >= 0.6 is 0 Å². The second-order valence-corrected chi connectivity index (χ2v) is 5.44. The summed E-state index contributed by atoms with van der Waals surface area (Å²) in [5, 5.41) is 3.55. The van der Waals surface area contributed by atoms with Crippen molar-refractivity contribution in [3.8, 4) is 0 Å². The van der Waals surface area contributed by atoms with E-state index in [1.54, 1.807) is 0 Å². The highest BCUT2D eigenvalue weighted by Crippen LogP contribution is 2.18. The van der Waals surface area contributed by atoms with Gasteiger partial charge >= 0.3 is 0 Å². The van der Waals surface area contributed by atoms with Gasteiger partial charge in [0.1, 0.15) is 0 Å². The summed E-state index contributed by atoms with van der Waals surface area (Å²) in [6, 6.07) is 11.4. The van der Waals surface area contributed by atoms with Crippen LogP contribution in [0.15, 0.2) is 30.3 Å². The van der Waals surface area contributed by atoms with E-state index in [0.717, 1.165) is 12.5 Å². The number of hydrogen-bond donors (Lipinski definition) is 1. The van der Waals surface area contributed by atoms with Gasteiger partial charge in [-0.2, -0.15) is 0 Å². The van der Waals surface area contributed by atoms with Crippen LogP contribution in [-0.4, -0.2) is 30.6 Å². The number of rotatable bonds is 5. The molecule has 1 fully saturated rings. The molecule has 0 unspecified atom stereocenters. The maximum absolute atomic E-state index is 3.55. The molecule has 2 nitrogen and oxygen atoms in total. The van der Waals surface area contributed by atoms with Crippen LogP contribution in [0.4, 0.5) is 0 Å². The normalized spacial score (nSPS) is 21.2. The van der Waals surface area contributed by atoms with Crippen LogP contribution in [0, 0.1) is 5.92 Å². The van der Waals surface area contributed by atoms with E-state index in [0.29, 0.717) is 6.04 Å². The first-order valence-corrected chi connectivity index (χ1v) is 6.73. The van der Waals surface area contributed by atoms with E-state index in [1.165, 1.54) is 31.6 Å². The highest BCUT2D eigenvalue weighted by atomic mass is 15.1. The molecule has 1 atom stereocenters. The van der Waals surface area contributed by atoms with Gasteiger partial charge in [-0.05, 0) is 31.0 Å². The van der Waals surface area contributed by atoms with E-state index in [1.807, 2.05) is 0 Å². The Bertz CT molecular complexity index is 321. The van der Waals surface area contributed by atoms with Crippen LogP contribution in [0.3, 0.4) is 0 Å². The SMILES string of the molecule is CC(C)NC[C@@H]1CCN(Cc2ccccc2)C1. The van der Waals surface area contributed by atoms with Crippen molar-refractivity contribution in [2.24, 2.45) is 5.92 Å². The van der Waals surface area contributed by atoms with Crippen LogP contribution in [0.1, 0.15) is 25.8 Å². The lowest BCUT2D eigenvalue weighted by atomic mass is 10.1. The Hall–Kier alpha value is -0.860. The Labute approximate surface area is 105 Å². The summed E-state index contributed by atoms with van der Waals surface area (Å²) >= 11 is 0. The van der Waals surface area contributed by atoms with Gasteiger partial charge in [0, 0.05) is 19.1 Å². The van der Waals surface area contributed by atoms with Gasteiger partial charge in [0.25, 0.3) is 0 Å². The average molecular weight is 232 g/mol. The predicted molar refractivity (Wildman–Crippen MR) is 73.0 cm³/mol. The Kier molecular flexibility index (Phi) is 4.57. The first-order chi connectivity index (χ1) is 8.24. The van der Waals surface area contributed by atoms with Crippen molar-refractivity contribution in [3.63, 3.8) is 0 Å². The molecule has 1 aliphatic heterocycles. The summed E-state index contributed by atoms with van der Waals surface area (Å²) < 4.78 is 0. The van der Waals surface area contributed by atoms with Gasteiger partial charge in [0.2, 0.25) is 0 Å². The van der Waals surface area contributed by atoms with Gasteiger partial charge in [0.05, 0.1) is 0 Å². The van der Waals surface area contributed by atoms with Crippen LogP contribution < -0.4 is 5.32 Å². The van der Waals surface area contributed by atoms with E-state index in [9.17, 15) is 0 Å². The lowest BCUT2D eigenvalue weighted by Gasteiger charge is -2.17. The number of nitrogens with zero attached hydrogens (tertiary/aromatic N) is 1. The minimum absolute atomic E-state index is 0.609. The maximum Gasteiger partial charge on any atom is 0.0233 e. The summed E-state index contributed by atoms with van der Waals surface area (Å²) in [6.45, 7) is 9.21. The lowest BCUT2D eigenvalue weighted by Crippen LogP contribution is -2.30. The first kappa shape index (κ1) is 12.6. The van der Waals surface area contributed by atoms with Gasteiger partial charge in [-0.15, -0.1) is 0 Å². The molecule has 0 saturated carbocycles. The Morgan fingerprint density at radius 2 is 2.06 bits per heavy atom. The fraction of sp³-hybridized carbons (Fsp3) is 0.600.